The topological polar surface area (TPSA) is 108 Å². The summed E-state index contributed by atoms with van der Waals surface area (Å²) in [5, 5.41) is 2.44. The molecule has 1 aromatic rings. The van der Waals surface area contributed by atoms with Gasteiger partial charge >= 0.3 is 17.9 Å². The van der Waals surface area contributed by atoms with E-state index in [1.165, 1.54) is 32.4 Å². The maximum atomic E-state index is 12.0. The lowest BCUT2D eigenvalue weighted by Crippen LogP contribution is -2.24. The lowest BCUT2D eigenvalue weighted by molar-refractivity contribution is -0.149. The number of anilines is 1. The van der Waals surface area contributed by atoms with Crippen LogP contribution in [0.25, 0.3) is 0 Å². The fourth-order valence-electron chi connectivity index (χ4n) is 2.00. The van der Waals surface area contributed by atoms with E-state index >= 15 is 0 Å². The Balaban J connectivity index is 2.88. The van der Waals surface area contributed by atoms with Crippen LogP contribution in [0.5, 0.6) is 0 Å². The Hall–Kier alpha value is -2.90. The SMILES string of the molecule is COC(=O)c1ccc(C(=O)OC)c(NC(=O)COC(=O)CC(C)(C)C)c1. The van der Waals surface area contributed by atoms with Gasteiger partial charge in [-0.3, -0.25) is 9.59 Å². The molecule has 0 heterocycles. The minimum atomic E-state index is -0.693. The molecule has 1 amide bonds. The maximum absolute atomic E-state index is 12.0. The summed E-state index contributed by atoms with van der Waals surface area (Å²) in [6.45, 7) is 5.10. The zero-order chi connectivity index (χ0) is 19.9. The number of amides is 1. The number of ether oxygens (including phenoxy) is 3. The molecule has 0 aromatic heterocycles. The van der Waals surface area contributed by atoms with Crippen LogP contribution in [0.15, 0.2) is 18.2 Å². The van der Waals surface area contributed by atoms with Crippen LogP contribution in [0.1, 0.15) is 47.9 Å². The van der Waals surface area contributed by atoms with E-state index in [4.69, 9.17) is 4.74 Å². The third kappa shape index (κ3) is 6.54. The van der Waals surface area contributed by atoms with Crippen molar-refractivity contribution in [3.63, 3.8) is 0 Å². The third-order valence-corrected chi connectivity index (χ3v) is 3.16. The van der Waals surface area contributed by atoms with Crippen molar-refractivity contribution in [3.8, 4) is 0 Å². The second-order valence-corrected chi connectivity index (χ2v) is 6.69. The highest BCUT2D eigenvalue weighted by atomic mass is 16.5. The Morgan fingerprint density at radius 1 is 1.00 bits per heavy atom. The highest BCUT2D eigenvalue weighted by Gasteiger charge is 2.20. The van der Waals surface area contributed by atoms with Crippen LogP contribution in [0.3, 0.4) is 0 Å². The third-order valence-electron chi connectivity index (χ3n) is 3.16. The van der Waals surface area contributed by atoms with E-state index in [0.717, 1.165) is 0 Å². The van der Waals surface area contributed by atoms with E-state index in [9.17, 15) is 19.2 Å². The Kier molecular flexibility index (Phi) is 7.30. The molecule has 1 rings (SSSR count). The highest BCUT2D eigenvalue weighted by molar-refractivity contribution is 6.03. The molecule has 1 N–H and O–H groups in total. The Bertz CT molecular complexity index is 704. The summed E-state index contributed by atoms with van der Waals surface area (Å²) < 4.78 is 14.2. The Morgan fingerprint density at radius 3 is 2.15 bits per heavy atom. The predicted molar refractivity (Wildman–Crippen MR) is 92.8 cm³/mol. The zero-order valence-electron chi connectivity index (χ0n) is 15.5. The minimum Gasteiger partial charge on any atom is -0.465 e. The molecule has 142 valence electrons. The van der Waals surface area contributed by atoms with Crippen LogP contribution in [0, 0.1) is 5.41 Å². The van der Waals surface area contributed by atoms with Gasteiger partial charge in [-0.1, -0.05) is 20.8 Å². The molecule has 8 nitrogen and oxygen atoms in total. The normalized spacial score (nSPS) is 10.7. The number of nitrogens with one attached hydrogen (secondary N) is 1. The molecule has 0 saturated carbocycles. The van der Waals surface area contributed by atoms with E-state index in [2.05, 4.69) is 14.8 Å². The minimum absolute atomic E-state index is 0.0505. The lowest BCUT2D eigenvalue weighted by Gasteiger charge is -2.16. The second kappa shape index (κ2) is 8.98. The van der Waals surface area contributed by atoms with Crippen molar-refractivity contribution in [1.82, 2.24) is 0 Å². The van der Waals surface area contributed by atoms with Gasteiger partial charge in [-0.05, 0) is 23.6 Å². The molecule has 0 aliphatic carbocycles. The molecular weight excluding hydrogens is 342 g/mol. The van der Waals surface area contributed by atoms with E-state index in [1.807, 2.05) is 20.8 Å². The molecule has 26 heavy (non-hydrogen) atoms. The fourth-order valence-corrected chi connectivity index (χ4v) is 2.00. The van der Waals surface area contributed by atoms with Crippen LogP contribution < -0.4 is 5.32 Å². The number of carbonyl (C=O) groups is 4. The summed E-state index contributed by atoms with van der Waals surface area (Å²) in [6, 6.07) is 3.99. The molecule has 0 aliphatic rings. The number of carbonyl (C=O) groups excluding carboxylic acids is 4. The van der Waals surface area contributed by atoms with E-state index < -0.39 is 30.4 Å². The molecule has 8 heteroatoms. The van der Waals surface area contributed by atoms with Crippen molar-refractivity contribution in [3.05, 3.63) is 29.3 Å². The van der Waals surface area contributed by atoms with Gasteiger partial charge in [0.2, 0.25) is 0 Å². The molecule has 0 aliphatic heterocycles. The molecule has 0 radical (unpaired) electrons. The van der Waals surface area contributed by atoms with Gasteiger partial charge in [0.05, 0.1) is 37.5 Å². The zero-order valence-corrected chi connectivity index (χ0v) is 15.5. The van der Waals surface area contributed by atoms with Gasteiger partial charge in [-0.2, -0.15) is 0 Å². The van der Waals surface area contributed by atoms with Crippen LogP contribution in [0.2, 0.25) is 0 Å². The standard InChI is InChI=1S/C18H23NO7/c1-18(2,3)9-15(21)26-10-14(20)19-13-8-11(16(22)24-4)6-7-12(13)17(23)25-5/h6-8H,9-10H2,1-5H3,(H,19,20). The average molecular weight is 365 g/mol. The first-order valence-corrected chi connectivity index (χ1v) is 7.83. The second-order valence-electron chi connectivity index (χ2n) is 6.69. The van der Waals surface area contributed by atoms with Gasteiger partial charge < -0.3 is 19.5 Å². The van der Waals surface area contributed by atoms with Crippen molar-refractivity contribution < 1.29 is 33.4 Å². The number of methoxy groups -OCH3 is 2. The first-order chi connectivity index (χ1) is 12.1. The molecule has 0 saturated heterocycles. The largest absolute Gasteiger partial charge is 0.465 e. The van der Waals surface area contributed by atoms with Crippen molar-refractivity contribution in [2.45, 2.75) is 27.2 Å². The summed E-state index contributed by atoms with van der Waals surface area (Å²) >= 11 is 0. The van der Waals surface area contributed by atoms with Crippen molar-refractivity contribution >= 4 is 29.5 Å². The van der Waals surface area contributed by atoms with Gasteiger partial charge in [-0.25, -0.2) is 9.59 Å². The quantitative estimate of drug-likeness (QED) is 0.608. The lowest BCUT2D eigenvalue weighted by atomic mass is 9.92. The number of hydrogen-bond acceptors (Lipinski definition) is 7. The van der Waals surface area contributed by atoms with E-state index in [-0.39, 0.29) is 28.7 Å². The fraction of sp³-hybridized carbons (Fsp3) is 0.444. The van der Waals surface area contributed by atoms with Gasteiger partial charge in [0.25, 0.3) is 5.91 Å². The smallest absolute Gasteiger partial charge is 0.339 e. The van der Waals surface area contributed by atoms with Crippen LogP contribution in [0.4, 0.5) is 5.69 Å². The summed E-state index contributed by atoms with van der Waals surface area (Å²) in [5.41, 5.74) is -0.0215. The first kappa shape index (κ1) is 21.1. The molecule has 0 bridgehead atoms. The number of esters is 3. The van der Waals surface area contributed by atoms with Gasteiger partial charge in [0.1, 0.15) is 0 Å². The molecule has 0 fully saturated rings. The summed E-state index contributed by atoms with van der Waals surface area (Å²) in [7, 11) is 2.40. The van der Waals surface area contributed by atoms with Gasteiger partial charge in [-0.15, -0.1) is 0 Å². The number of hydrogen-bond donors (Lipinski definition) is 1. The van der Waals surface area contributed by atoms with Gasteiger partial charge in [0, 0.05) is 0 Å². The molecular formula is C18H23NO7. The number of benzene rings is 1. The van der Waals surface area contributed by atoms with Crippen molar-refractivity contribution in [1.29, 1.82) is 0 Å². The van der Waals surface area contributed by atoms with Crippen molar-refractivity contribution in [2.24, 2.45) is 5.41 Å². The highest BCUT2D eigenvalue weighted by Crippen LogP contribution is 2.21. The van der Waals surface area contributed by atoms with Crippen LogP contribution in [-0.4, -0.2) is 44.6 Å². The van der Waals surface area contributed by atoms with Crippen LogP contribution in [-0.2, 0) is 23.8 Å². The molecule has 0 unspecified atom stereocenters. The Labute approximate surface area is 151 Å². The first-order valence-electron chi connectivity index (χ1n) is 7.83. The van der Waals surface area contributed by atoms with E-state index in [0.29, 0.717) is 0 Å². The monoisotopic (exact) mass is 365 g/mol. The molecule has 1 aromatic carbocycles. The van der Waals surface area contributed by atoms with Crippen LogP contribution >= 0.6 is 0 Å². The molecule has 0 atom stereocenters. The average Bonchev–Trinajstić information content (AvgIpc) is 2.57. The maximum Gasteiger partial charge on any atom is 0.339 e. The van der Waals surface area contributed by atoms with Gasteiger partial charge in [0.15, 0.2) is 6.61 Å². The Morgan fingerprint density at radius 2 is 1.62 bits per heavy atom. The van der Waals surface area contributed by atoms with E-state index in [1.54, 1.807) is 0 Å². The number of rotatable bonds is 6. The predicted octanol–water partition coefficient (Wildman–Crippen LogP) is 2.18. The summed E-state index contributed by atoms with van der Waals surface area (Å²) in [6.07, 6.45) is 0.158. The van der Waals surface area contributed by atoms with Crippen molar-refractivity contribution in [2.75, 3.05) is 26.1 Å². The molecule has 0 spiro atoms. The summed E-state index contributed by atoms with van der Waals surface area (Å²) in [4.78, 5) is 47.2. The summed E-state index contributed by atoms with van der Waals surface area (Å²) in [5.74, 6) is -2.49.